The maximum atomic E-state index is 9.98. The van der Waals surface area contributed by atoms with Crippen LogP contribution in [0.25, 0.3) is 0 Å². The highest BCUT2D eigenvalue weighted by Crippen LogP contribution is 2.54. The molecule has 1 saturated carbocycles. The minimum Gasteiger partial charge on any atom is -0.335 e. The van der Waals surface area contributed by atoms with Crippen molar-refractivity contribution in [2.24, 2.45) is 0 Å². The van der Waals surface area contributed by atoms with Crippen molar-refractivity contribution in [2.75, 3.05) is 22.9 Å². The van der Waals surface area contributed by atoms with Crippen molar-refractivity contribution < 1.29 is 0 Å². The van der Waals surface area contributed by atoms with Gasteiger partial charge in [-0.2, -0.15) is 10.5 Å². The Hall–Kier alpha value is -3.06. The van der Waals surface area contributed by atoms with E-state index in [1.165, 1.54) is 21.2 Å². The molecule has 5 rings (SSSR count). The van der Waals surface area contributed by atoms with Gasteiger partial charge in [-0.25, -0.2) is 0 Å². The van der Waals surface area contributed by atoms with E-state index in [-0.39, 0.29) is 5.57 Å². The van der Waals surface area contributed by atoms with E-state index < -0.39 is 0 Å². The van der Waals surface area contributed by atoms with Crippen LogP contribution in [0.5, 0.6) is 0 Å². The number of nitrogens with zero attached hydrogens (tertiary/aromatic N) is 4. The van der Waals surface area contributed by atoms with Gasteiger partial charge in [0.1, 0.15) is 17.7 Å². The summed E-state index contributed by atoms with van der Waals surface area (Å²) in [5.74, 6) is 0. The largest absolute Gasteiger partial charge is 0.335 e. The summed E-state index contributed by atoms with van der Waals surface area (Å²) >= 11 is 3.53. The molecule has 0 bridgehead atoms. The van der Waals surface area contributed by atoms with Gasteiger partial charge in [0.2, 0.25) is 0 Å². The Morgan fingerprint density at radius 3 is 1.67 bits per heavy atom. The highest BCUT2D eigenvalue weighted by molar-refractivity contribution is 8.04. The van der Waals surface area contributed by atoms with Crippen LogP contribution in [0.4, 0.5) is 11.4 Å². The lowest BCUT2D eigenvalue weighted by Gasteiger charge is -2.30. The highest BCUT2D eigenvalue weighted by atomic mass is 32.2. The molecule has 0 unspecified atom stereocenters. The fourth-order valence-corrected chi connectivity index (χ4v) is 7.49. The number of anilines is 2. The van der Waals surface area contributed by atoms with E-state index in [9.17, 15) is 10.5 Å². The third kappa shape index (κ3) is 3.55. The molecule has 2 aliphatic heterocycles. The molecule has 1 fully saturated rings. The molecule has 0 spiro atoms. The van der Waals surface area contributed by atoms with Crippen molar-refractivity contribution in [3.05, 3.63) is 80.9 Å². The van der Waals surface area contributed by atoms with Crippen molar-refractivity contribution in [1.82, 2.24) is 0 Å². The second-order valence-electron chi connectivity index (χ2n) is 8.02. The molecule has 0 saturated heterocycles. The SMILES string of the molecule is CCN1/C(=C2\CCC/C(=C3\Sc4ccccc4N3CC)C2=C(C#N)C#N)Sc2ccccc21. The molecule has 164 valence electrons. The Balaban J connectivity index is 1.73. The van der Waals surface area contributed by atoms with Crippen LogP contribution < -0.4 is 9.80 Å². The zero-order valence-corrected chi connectivity index (χ0v) is 20.4. The van der Waals surface area contributed by atoms with Gasteiger partial charge in [0.15, 0.2) is 0 Å². The molecular formula is C27H24N4S2. The van der Waals surface area contributed by atoms with E-state index in [4.69, 9.17) is 0 Å². The number of hydrogen-bond donors (Lipinski definition) is 0. The molecule has 0 N–H and O–H groups in total. The van der Waals surface area contributed by atoms with Gasteiger partial charge in [-0.15, -0.1) is 0 Å². The first-order valence-electron chi connectivity index (χ1n) is 11.3. The average molecular weight is 469 g/mol. The van der Waals surface area contributed by atoms with Crippen LogP contribution in [-0.4, -0.2) is 13.1 Å². The molecule has 4 nitrogen and oxygen atoms in total. The number of para-hydroxylation sites is 2. The van der Waals surface area contributed by atoms with Crippen molar-refractivity contribution in [1.29, 1.82) is 10.5 Å². The molecule has 3 aliphatic rings. The smallest absolute Gasteiger partial charge is 0.137 e. The fourth-order valence-electron chi connectivity index (χ4n) is 4.89. The number of hydrogen-bond acceptors (Lipinski definition) is 6. The van der Waals surface area contributed by atoms with Gasteiger partial charge in [-0.1, -0.05) is 47.8 Å². The number of allylic oxidation sites excluding steroid dienone is 4. The predicted molar refractivity (Wildman–Crippen MR) is 137 cm³/mol. The van der Waals surface area contributed by atoms with Gasteiger partial charge in [0.25, 0.3) is 0 Å². The summed E-state index contributed by atoms with van der Waals surface area (Å²) < 4.78 is 0. The van der Waals surface area contributed by atoms with Gasteiger partial charge in [-0.3, -0.25) is 0 Å². The Kier molecular flexibility index (Phi) is 5.98. The molecule has 33 heavy (non-hydrogen) atoms. The topological polar surface area (TPSA) is 54.1 Å². The lowest BCUT2D eigenvalue weighted by molar-refractivity contribution is 0.756. The Morgan fingerprint density at radius 1 is 0.788 bits per heavy atom. The van der Waals surface area contributed by atoms with Crippen LogP contribution >= 0.6 is 23.5 Å². The summed E-state index contributed by atoms with van der Waals surface area (Å²) in [6.45, 7) is 6.01. The molecule has 2 aromatic carbocycles. The number of thioether (sulfide) groups is 2. The van der Waals surface area contributed by atoms with E-state index in [1.54, 1.807) is 23.5 Å². The zero-order chi connectivity index (χ0) is 22.9. The summed E-state index contributed by atoms with van der Waals surface area (Å²) in [6, 6.07) is 21.4. The van der Waals surface area contributed by atoms with Gasteiger partial charge in [-0.05, 0) is 68.5 Å². The summed E-state index contributed by atoms with van der Waals surface area (Å²) in [7, 11) is 0. The minimum atomic E-state index is 0.222. The standard InChI is InChI=1S/C27H24N4S2/c1-3-30-21-12-5-7-14-23(21)32-26(30)19-10-9-11-20(25(19)18(16-28)17-29)27-31(4-2)22-13-6-8-15-24(22)33-27/h5-8,12-15H,3-4,9-11H2,1-2H3/b26-19-,27-20+. The lowest BCUT2D eigenvalue weighted by Crippen LogP contribution is -2.23. The van der Waals surface area contributed by atoms with Crippen molar-refractivity contribution in [3.63, 3.8) is 0 Å². The monoisotopic (exact) mass is 468 g/mol. The van der Waals surface area contributed by atoms with E-state index >= 15 is 0 Å². The van der Waals surface area contributed by atoms with Gasteiger partial charge in [0.05, 0.1) is 21.4 Å². The highest BCUT2D eigenvalue weighted by Gasteiger charge is 2.35. The summed E-state index contributed by atoms with van der Waals surface area (Å²) in [4.78, 5) is 7.14. The van der Waals surface area contributed by atoms with E-state index in [0.29, 0.717) is 0 Å². The van der Waals surface area contributed by atoms with Crippen LogP contribution in [0.1, 0.15) is 33.1 Å². The summed E-state index contributed by atoms with van der Waals surface area (Å²) in [5, 5.41) is 22.3. The molecule has 2 aromatic rings. The molecule has 6 heteroatoms. The van der Waals surface area contributed by atoms with Gasteiger partial charge >= 0.3 is 0 Å². The molecule has 2 heterocycles. The van der Waals surface area contributed by atoms with Gasteiger partial charge < -0.3 is 9.80 Å². The van der Waals surface area contributed by atoms with Crippen LogP contribution in [0.15, 0.2) is 90.7 Å². The first kappa shape index (κ1) is 21.8. The number of nitriles is 2. The third-order valence-electron chi connectivity index (χ3n) is 6.30. The normalized spacial score (nSPS) is 21.5. The zero-order valence-electron chi connectivity index (χ0n) is 18.8. The second kappa shape index (κ2) is 9.06. The molecule has 0 aromatic heterocycles. The van der Waals surface area contributed by atoms with Crippen LogP contribution in [-0.2, 0) is 0 Å². The van der Waals surface area contributed by atoms with Crippen molar-refractivity contribution in [3.8, 4) is 12.1 Å². The van der Waals surface area contributed by atoms with E-state index in [0.717, 1.165) is 59.1 Å². The van der Waals surface area contributed by atoms with E-state index in [1.807, 2.05) is 0 Å². The Morgan fingerprint density at radius 2 is 1.24 bits per heavy atom. The first-order chi connectivity index (χ1) is 16.2. The van der Waals surface area contributed by atoms with Crippen molar-refractivity contribution in [2.45, 2.75) is 42.9 Å². The lowest BCUT2D eigenvalue weighted by atomic mass is 9.83. The van der Waals surface area contributed by atoms with Crippen LogP contribution in [0.3, 0.4) is 0 Å². The fraction of sp³-hybridized carbons (Fsp3) is 0.259. The second-order valence-corrected chi connectivity index (χ2v) is 10.1. The van der Waals surface area contributed by atoms with Crippen LogP contribution in [0, 0.1) is 22.7 Å². The first-order valence-corrected chi connectivity index (χ1v) is 12.9. The Bertz CT molecular complexity index is 1210. The molecule has 1 aliphatic carbocycles. The van der Waals surface area contributed by atoms with Crippen LogP contribution in [0.2, 0.25) is 0 Å². The molecule has 0 amide bonds. The third-order valence-corrected chi connectivity index (χ3v) is 8.75. The number of benzene rings is 2. The molecular weight excluding hydrogens is 444 g/mol. The quantitative estimate of drug-likeness (QED) is 0.434. The average Bonchev–Trinajstić information content (AvgIpc) is 3.42. The summed E-state index contributed by atoms with van der Waals surface area (Å²) in [6.07, 6.45) is 2.75. The molecule has 0 radical (unpaired) electrons. The maximum Gasteiger partial charge on any atom is 0.137 e. The molecule has 0 atom stereocenters. The maximum absolute atomic E-state index is 9.98. The Labute approximate surface area is 203 Å². The van der Waals surface area contributed by atoms with Crippen molar-refractivity contribution >= 4 is 34.9 Å². The van der Waals surface area contributed by atoms with Gasteiger partial charge in [0, 0.05) is 28.5 Å². The summed E-state index contributed by atoms with van der Waals surface area (Å²) in [5.41, 5.74) is 5.77. The minimum absolute atomic E-state index is 0.222. The number of rotatable bonds is 2. The number of fused-ring (bicyclic) bond motifs is 2. The predicted octanol–water partition coefficient (Wildman–Crippen LogP) is 7.20. The van der Waals surface area contributed by atoms with E-state index in [2.05, 4.69) is 84.3 Å².